The number of methoxy groups -OCH3 is 1. The summed E-state index contributed by atoms with van der Waals surface area (Å²) in [5.74, 6) is 0.724. The molecule has 0 aliphatic heterocycles. The molecule has 0 radical (unpaired) electrons. The monoisotopic (exact) mass is 438 g/mol. The van der Waals surface area contributed by atoms with Crippen molar-refractivity contribution >= 4 is 27.3 Å². The molecule has 1 amide bonds. The van der Waals surface area contributed by atoms with Crippen molar-refractivity contribution in [3.8, 4) is 11.5 Å². The van der Waals surface area contributed by atoms with Crippen LogP contribution in [0.5, 0.6) is 11.5 Å². The van der Waals surface area contributed by atoms with E-state index in [9.17, 15) is 13.2 Å². The second-order valence-corrected chi connectivity index (χ2v) is 8.09. The third kappa shape index (κ3) is 5.64. The highest BCUT2D eigenvalue weighted by Crippen LogP contribution is 2.26. The third-order valence-corrected chi connectivity index (χ3v) is 5.64. The molecule has 0 atom stereocenters. The van der Waals surface area contributed by atoms with Crippen LogP contribution in [0.4, 0.5) is 11.4 Å². The Hall–Kier alpha value is -3.78. The van der Waals surface area contributed by atoms with Gasteiger partial charge in [0.25, 0.3) is 15.9 Å². The van der Waals surface area contributed by atoms with Crippen LogP contribution in [0.1, 0.15) is 10.4 Å². The Morgan fingerprint density at radius 1 is 1.00 bits per heavy atom. The Labute approximate surface area is 181 Å². The van der Waals surface area contributed by atoms with E-state index in [1.807, 2.05) is 0 Å². The maximum absolute atomic E-state index is 12.7. The van der Waals surface area contributed by atoms with E-state index in [4.69, 9.17) is 9.47 Å². The lowest BCUT2D eigenvalue weighted by Gasteiger charge is -2.12. The zero-order valence-electron chi connectivity index (χ0n) is 16.9. The van der Waals surface area contributed by atoms with Crippen molar-refractivity contribution in [2.24, 2.45) is 0 Å². The van der Waals surface area contributed by atoms with Gasteiger partial charge in [0.15, 0.2) is 0 Å². The molecule has 8 heteroatoms. The van der Waals surface area contributed by atoms with Crippen LogP contribution in [0.15, 0.2) is 90.3 Å². The molecule has 0 aliphatic carbocycles. The Kier molecular flexibility index (Phi) is 6.94. The molecule has 0 saturated carbocycles. The van der Waals surface area contributed by atoms with Gasteiger partial charge in [0.05, 0.1) is 17.7 Å². The number of anilines is 2. The van der Waals surface area contributed by atoms with Crippen LogP contribution in [0.3, 0.4) is 0 Å². The van der Waals surface area contributed by atoms with Crippen LogP contribution in [-0.2, 0) is 10.0 Å². The summed E-state index contributed by atoms with van der Waals surface area (Å²) in [6, 6.07) is 19.3. The van der Waals surface area contributed by atoms with E-state index in [1.165, 1.54) is 31.4 Å². The van der Waals surface area contributed by atoms with E-state index in [0.29, 0.717) is 35.0 Å². The van der Waals surface area contributed by atoms with E-state index in [-0.39, 0.29) is 10.8 Å². The van der Waals surface area contributed by atoms with Crippen molar-refractivity contribution in [3.63, 3.8) is 0 Å². The molecule has 0 aromatic heterocycles. The van der Waals surface area contributed by atoms with Gasteiger partial charge in [-0.15, -0.1) is 0 Å². The molecule has 3 rings (SSSR count). The highest BCUT2D eigenvalue weighted by molar-refractivity contribution is 7.92. The van der Waals surface area contributed by atoms with Crippen molar-refractivity contribution in [2.75, 3.05) is 23.8 Å². The average molecular weight is 439 g/mol. The van der Waals surface area contributed by atoms with Crippen LogP contribution >= 0.6 is 0 Å². The molecule has 0 fully saturated rings. The zero-order valence-corrected chi connectivity index (χ0v) is 17.7. The van der Waals surface area contributed by atoms with E-state index in [1.54, 1.807) is 54.6 Å². The summed E-state index contributed by atoms with van der Waals surface area (Å²) in [4.78, 5) is 12.5. The first-order valence-corrected chi connectivity index (χ1v) is 10.8. The van der Waals surface area contributed by atoms with Crippen LogP contribution in [-0.4, -0.2) is 28.0 Å². The molecule has 0 unspecified atom stereocenters. The fourth-order valence-corrected chi connectivity index (χ4v) is 3.78. The van der Waals surface area contributed by atoms with Gasteiger partial charge in [-0.3, -0.25) is 9.52 Å². The lowest BCUT2D eigenvalue weighted by atomic mass is 10.2. The van der Waals surface area contributed by atoms with Crippen LogP contribution in [0.2, 0.25) is 0 Å². The number of benzene rings is 3. The molecule has 3 aromatic carbocycles. The molecule has 2 N–H and O–H groups in total. The maximum atomic E-state index is 12.7. The molecule has 160 valence electrons. The Bertz CT molecular complexity index is 1160. The van der Waals surface area contributed by atoms with E-state index >= 15 is 0 Å². The van der Waals surface area contributed by atoms with Crippen LogP contribution in [0, 0.1) is 0 Å². The number of carbonyl (C=O) groups is 1. The van der Waals surface area contributed by atoms with Gasteiger partial charge in [0, 0.05) is 11.3 Å². The van der Waals surface area contributed by atoms with Gasteiger partial charge in [-0.1, -0.05) is 24.8 Å². The zero-order chi connectivity index (χ0) is 22.3. The largest absolute Gasteiger partial charge is 0.495 e. The average Bonchev–Trinajstić information content (AvgIpc) is 2.78. The molecule has 31 heavy (non-hydrogen) atoms. The summed E-state index contributed by atoms with van der Waals surface area (Å²) in [5, 5.41) is 2.74. The van der Waals surface area contributed by atoms with Gasteiger partial charge >= 0.3 is 0 Å². The number of nitrogens with one attached hydrogen (secondary N) is 2. The predicted molar refractivity (Wildman–Crippen MR) is 120 cm³/mol. The van der Waals surface area contributed by atoms with Gasteiger partial charge in [-0.05, 0) is 60.7 Å². The summed E-state index contributed by atoms with van der Waals surface area (Å²) in [5.41, 5.74) is 1.25. The maximum Gasteiger partial charge on any atom is 0.262 e. The van der Waals surface area contributed by atoms with Gasteiger partial charge < -0.3 is 14.8 Å². The van der Waals surface area contributed by atoms with Crippen molar-refractivity contribution in [3.05, 3.63) is 91.0 Å². The summed E-state index contributed by atoms with van der Waals surface area (Å²) in [6.45, 7) is 3.96. The van der Waals surface area contributed by atoms with Gasteiger partial charge in [0.1, 0.15) is 18.1 Å². The second-order valence-electron chi connectivity index (χ2n) is 6.41. The highest BCUT2D eigenvalue weighted by atomic mass is 32.2. The molecule has 0 heterocycles. The van der Waals surface area contributed by atoms with Crippen molar-refractivity contribution < 1.29 is 22.7 Å². The molecular formula is C23H22N2O5S. The molecule has 3 aromatic rings. The molecular weight excluding hydrogens is 416 g/mol. The van der Waals surface area contributed by atoms with Gasteiger partial charge in [-0.2, -0.15) is 0 Å². The number of ether oxygens (including phenoxy) is 2. The van der Waals surface area contributed by atoms with Gasteiger partial charge in [0.2, 0.25) is 0 Å². The first-order valence-electron chi connectivity index (χ1n) is 9.34. The Balaban J connectivity index is 1.68. The smallest absolute Gasteiger partial charge is 0.262 e. The number of carbonyl (C=O) groups excluding carboxylic acids is 1. The molecule has 0 bridgehead atoms. The summed E-state index contributed by atoms with van der Waals surface area (Å²) in [6.07, 6.45) is 1.64. The Morgan fingerprint density at radius 3 is 2.32 bits per heavy atom. The highest BCUT2D eigenvalue weighted by Gasteiger charge is 2.16. The SMILES string of the molecule is C=CCOc1ccc(C(=O)Nc2ccc(S(=O)(=O)Nc3ccccc3OC)cc2)cc1. The lowest BCUT2D eigenvalue weighted by Crippen LogP contribution is -2.14. The molecule has 0 spiro atoms. The first kappa shape index (κ1) is 21.9. The molecule has 0 aliphatic rings. The Morgan fingerprint density at radius 2 is 1.68 bits per heavy atom. The summed E-state index contributed by atoms with van der Waals surface area (Å²) >= 11 is 0. The van der Waals surface area contributed by atoms with Gasteiger partial charge in [-0.25, -0.2) is 8.42 Å². The predicted octanol–water partition coefficient (Wildman–Crippen LogP) is 4.31. The number of rotatable bonds is 9. The van der Waals surface area contributed by atoms with E-state index in [2.05, 4.69) is 16.6 Å². The van der Waals surface area contributed by atoms with Crippen LogP contribution < -0.4 is 19.5 Å². The van der Waals surface area contributed by atoms with Crippen molar-refractivity contribution in [2.45, 2.75) is 4.90 Å². The minimum absolute atomic E-state index is 0.0557. The summed E-state index contributed by atoms with van der Waals surface area (Å²) < 4.78 is 38.4. The summed E-state index contributed by atoms with van der Waals surface area (Å²) in [7, 11) is -2.35. The van der Waals surface area contributed by atoms with E-state index < -0.39 is 10.0 Å². The number of hydrogen-bond acceptors (Lipinski definition) is 5. The van der Waals surface area contributed by atoms with Crippen molar-refractivity contribution in [1.82, 2.24) is 0 Å². The number of amides is 1. The standard InChI is InChI=1S/C23H22N2O5S/c1-3-16-30-19-12-8-17(9-13-19)23(26)24-18-10-14-20(15-11-18)31(27,28)25-21-6-4-5-7-22(21)29-2/h3-15,25H,1,16H2,2H3,(H,24,26). The third-order valence-electron chi connectivity index (χ3n) is 4.26. The fraction of sp³-hybridized carbons (Fsp3) is 0.0870. The van der Waals surface area contributed by atoms with E-state index in [0.717, 1.165) is 0 Å². The normalized spacial score (nSPS) is 10.7. The molecule has 7 nitrogen and oxygen atoms in total. The number of hydrogen-bond donors (Lipinski definition) is 2. The number of sulfonamides is 1. The quantitative estimate of drug-likeness (QED) is 0.486. The minimum Gasteiger partial charge on any atom is -0.495 e. The topological polar surface area (TPSA) is 93.7 Å². The fourth-order valence-electron chi connectivity index (χ4n) is 2.71. The van der Waals surface area contributed by atoms with Crippen molar-refractivity contribution in [1.29, 1.82) is 0 Å². The van der Waals surface area contributed by atoms with Crippen LogP contribution in [0.25, 0.3) is 0 Å². The second kappa shape index (κ2) is 9.82. The lowest BCUT2D eigenvalue weighted by molar-refractivity contribution is 0.102. The minimum atomic E-state index is -3.82. The molecule has 0 saturated heterocycles. The first-order chi connectivity index (χ1) is 14.9. The number of para-hydroxylation sites is 2.